The largest absolute Gasteiger partial charge is 0.132 e. The normalized spacial score (nSPS) is 11.3. The Kier molecular flexibility index (Phi) is 17.9. The van der Waals surface area contributed by atoms with E-state index in [2.05, 4.69) is 31.1 Å². The summed E-state index contributed by atoms with van der Waals surface area (Å²) in [7, 11) is -1.13. The van der Waals surface area contributed by atoms with Crippen LogP contribution < -0.4 is 0 Å². The van der Waals surface area contributed by atoms with Crippen LogP contribution in [0.4, 0.5) is 0 Å². The van der Waals surface area contributed by atoms with Crippen molar-refractivity contribution in [2.45, 2.75) is 122 Å². The molecule has 0 N–H and O–H groups in total. The minimum atomic E-state index is -1.13. The van der Waals surface area contributed by atoms with Gasteiger partial charge in [0.1, 0.15) is 8.07 Å². The molecule has 0 aromatic heterocycles. The average molecular weight is 371 g/mol. The highest BCUT2D eigenvalue weighted by Crippen LogP contribution is 2.13. The lowest BCUT2D eigenvalue weighted by atomic mass is 10.0. The van der Waals surface area contributed by atoms with Crippen LogP contribution in [0, 0.1) is 11.5 Å². The molecule has 0 aliphatic carbocycles. The highest BCUT2D eigenvalue weighted by atomic mass is 35.5. The Morgan fingerprint density at radius 2 is 0.875 bits per heavy atom. The molecule has 0 unspecified atom stereocenters. The molecule has 0 amide bonds. The van der Waals surface area contributed by atoms with E-state index >= 15 is 0 Å². The molecule has 0 saturated heterocycles. The molecular weight excluding hydrogens is 328 g/mol. The smallest absolute Gasteiger partial charge is 0.129 e. The molecule has 0 nitrogen and oxygen atoms in total. The summed E-state index contributed by atoms with van der Waals surface area (Å²) in [5.41, 5.74) is 3.46. The van der Waals surface area contributed by atoms with Crippen LogP contribution in [-0.2, 0) is 0 Å². The molecule has 0 radical (unpaired) electrons. The molecule has 0 aliphatic heterocycles. The van der Waals surface area contributed by atoms with E-state index in [4.69, 9.17) is 11.6 Å². The van der Waals surface area contributed by atoms with Crippen molar-refractivity contribution in [3.8, 4) is 11.5 Å². The molecule has 0 spiro atoms. The summed E-state index contributed by atoms with van der Waals surface area (Å²) in [6, 6.07) is 0. The second-order valence-corrected chi connectivity index (χ2v) is 13.4. The fraction of sp³-hybridized carbons (Fsp3) is 0.909. The zero-order valence-electron chi connectivity index (χ0n) is 16.9. The summed E-state index contributed by atoms with van der Waals surface area (Å²) < 4.78 is 0. The van der Waals surface area contributed by atoms with Gasteiger partial charge in [-0.2, -0.15) is 0 Å². The Morgan fingerprint density at radius 3 is 1.21 bits per heavy atom. The zero-order chi connectivity index (χ0) is 17.9. The van der Waals surface area contributed by atoms with Crippen LogP contribution in [0.25, 0.3) is 0 Å². The third-order valence-corrected chi connectivity index (χ3v) is 5.59. The van der Waals surface area contributed by atoms with Gasteiger partial charge < -0.3 is 0 Å². The topological polar surface area (TPSA) is 0 Å². The fourth-order valence-electron chi connectivity index (χ4n) is 2.93. The monoisotopic (exact) mass is 370 g/mol. The van der Waals surface area contributed by atoms with Crippen molar-refractivity contribution in [2.24, 2.45) is 0 Å². The highest BCUT2D eigenvalue weighted by molar-refractivity contribution is 6.83. The first-order valence-corrected chi connectivity index (χ1v) is 14.7. The Bertz CT molecular complexity index is 308. The van der Waals surface area contributed by atoms with Crippen LogP contribution in [0.5, 0.6) is 0 Å². The van der Waals surface area contributed by atoms with Crippen molar-refractivity contribution < 1.29 is 0 Å². The number of hydrogen-bond donors (Lipinski definition) is 0. The van der Waals surface area contributed by atoms with Gasteiger partial charge in [-0.05, 0) is 12.8 Å². The van der Waals surface area contributed by atoms with Crippen LogP contribution in [0.2, 0.25) is 19.6 Å². The van der Waals surface area contributed by atoms with Gasteiger partial charge in [0.05, 0.1) is 0 Å². The second-order valence-electron chi connectivity index (χ2n) is 8.29. The average Bonchev–Trinajstić information content (AvgIpc) is 2.52. The summed E-state index contributed by atoms with van der Waals surface area (Å²) in [6.45, 7) is 6.97. The van der Waals surface area contributed by atoms with Crippen LogP contribution in [0.3, 0.4) is 0 Å². The molecule has 24 heavy (non-hydrogen) atoms. The van der Waals surface area contributed by atoms with Gasteiger partial charge in [0, 0.05) is 12.3 Å². The van der Waals surface area contributed by atoms with Crippen molar-refractivity contribution in [1.29, 1.82) is 0 Å². The van der Waals surface area contributed by atoms with Crippen molar-refractivity contribution in [1.82, 2.24) is 0 Å². The number of halogens is 1. The number of hydrogen-bond acceptors (Lipinski definition) is 0. The lowest BCUT2D eigenvalue weighted by Crippen LogP contribution is -2.16. The van der Waals surface area contributed by atoms with Crippen molar-refractivity contribution in [3.05, 3.63) is 0 Å². The van der Waals surface area contributed by atoms with Gasteiger partial charge in [-0.3, -0.25) is 0 Å². The lowest BCUT2D eigenvalue weighted by molar-refractivity contribution is 0.533. The first-order chi connectivity index (χ1) is 11.6. The summed E-state index contributed by atoms with van der Waals surface area (Å²) >= 11 is 5.68. The molecule has 0 atom stereocenters. The quantitative estimate of drug-likeness (QED) is 0.111. The zero-order valence-corrected chi connectivity index (χ0v) is 18.7. The van der Waals surface area contributed by atoms with Gasteiger partial charge in [0.15, 0.2) is 0 Å². The van der Waals surface area contributed by atoms with Gasteiger partial charge >= 0.3 is 0 Å². The molecule has 0 aromatic rings. The van der Waals surface area contributed by atoms with E-state index in [0.29, 0.717) is 0 Å². The fourth-order valence-corrected chi connectivity index (χ4v) is 3.78. The van der Waals surface area contributed by atoms with E-state index in [-0.39, 0.29) is 0 Å². The van der Waals surface area contributed by atoms with Crippen molar-refractivity contribution >= 4 is 19.7 Å². The lowest BCUT2D eigenvalue weighted by Gasteiger charge is -2.04. The SMILES string of the molecule is C[Si](C)(C)C#CCCCCCCCCCCCCCCCCCCl. The number of unbranched alkanes of at least 4 members (excludes halogenated alkanes) is 15. The van der Waals surface area contributed by atoms with Crippen LogP contribution in [-0.4, -0.2) is 14.0 Å². The van der Waals surface area contributed by atoms with Crippen molar-refractivity contribution in [3.63, 3.8) is 0 Å². The summed E-state index contributed by atoms with van der Waals surface area (Å²) in [5.74, 6) is 4.22. The molecular formula is C22H43ClSi. The molecule has 0 bridgehead atoms. The number of alkyl halides is 1. The Morgan fingerprint density at radius 1 is 0.542 bits per heavy atom. The van der Waals surface area contributed by atoms with Crippen molar-refractivity contribution in [2.75, 3.05) is 5.88 Å². The third kappa shape index (κ3) is 22.1. The first kappa shape index (κ1) is 24.1. The molecule has 0 aromatic carbocycles. The maximum Gasteiger partial charge on any atom is 0.129 e. The summed E-state index contributed by atoms with van der Waals surface area (Å²) in [4.78, 5) is 0. The van der Waals surface area contributed by atoms with E-state index in [1.807, 2.05) is 0 Å². The predicted molar refractivity (Wildman–Crippen MR) is 116 cm³/mol. The predicted octanol–water partition coefficient (Wildman–Crippen LogP) is 8.35. The van der Waals surface area contributed by atoms with Gasteiger partial charge in [-0.25, -0.2) is 0 Å². The Hall–Kier alpha value is 0.0669. The molecule has 2 heteroatoms. The molecule has 0 fully saturated rings. The van der Waals surface area contributed by atoms with Gasteiger partial charge in [0.2, 0.25) is 0 Å². The van der Waals surface area contributed by atoms with E-state index in [9.17, 15) is 0 Å². The first-order valence-electron chi connectivity index (χ1n) is 10.6. The van der Waals surface area contributed by atoms with E-state index in [1.54, 1.807) is 0 Å². The molecule has 0 aliphatic rings. The molecule has 142 valence electrons. The van der Waals surface area contributed by atoms with Crippen LogP contribution in [0.1, 0.15) is 103 Å². The Labute approximate surface area is 159 Å². The van der Waals surface area contributed by atoms with Crippen LogP contribution in [0.15, 0.2) is 0 Å². The van der Waals surface area contributed by atoms with Crippen LogP contribution >= 0.6 is 11.6 Å². The molecule has 0 heterocycles. The minimum absolute atomic E-state index is 0.840. The van der Waals surface area contributed by atoms with E-state index < -0.39 is 8.07 Å². The minimum Gasteiger partial charge on any atom is -0.132 e. The van der Waals surface area contributed by atoms with E-state index in [1.165, 1.54) is 96.3 Å². The number of rotatable bonds is 16. The Balaban J connectivity index is 3.09. The van der Waals surface area contributed by atoms with E-state index in [0.717, 1.165) is 12.3 Å². The second kappa shape index (κ2) is 17.9. The standard InChI is InChI=1S/C22H43ClSi/c1-24(2,3)22-20-18-16-14-12-10-8-6-4-5-7-9-11-13-15-17-19-21-23/h4-19,21H2,1-3H3. The maximum absolute atomic E-state index is 5.68. The van der Waals surface area contributed by atoms with Gasteiger partial charge in [0.25, 0.3) is 0 Å². The molecule has 0 saturated carbocycles. The third-order valence-electron chi connectivity index (χ3n) is 4.40. The van der Waals surface area contributed by atoms with Gasteiger partial charge in [-0.1, -0.05) is 103 Å². The summed E-state index contributed by atoms with van der Waals surface area (Å²) in [5, 5.41) is 0. The van der Waals surface area contributed by atoms with Gasteiger partial charge in [-0.15, -0.1) is 23.1 Å². The molecule has 0 rings (SSSR count). The maximum atomic E-state index is 5.68. The highest BCUT2D eigenvalue weighted by Gasteiger charge is 2.06. The summed E-state index contributed by atoms with van der Waals surface area (Å²) in [6.07, 6.45) is 22.1.